The molecule has 21 heavy (non-hydrogen) atoms. The molecule has 2 N–H and O–H groups in total. The summed E-state index contributed by atoms with van der Waals surface area (Å²) in [5.74, 6) is 2.78. The van der Waals surface area contributed by atoms with Crippen LogP contribution in [0, 0.1) is 18.8 Å². The van der Waals surface area contributed by atoms with Crippen LogP contribution in [0.3, 0.4) is 0 Å². The molecule has 0 radical (unpaired) electrons. The number of aryl methyl sites for hydroxylation is 2. The molecule has 0 spiro atoms. The smallest absolute Gasteiger partial charge is 0.106 e. The van der Waals surface area contributed by atoms with Crippen molar-refractivity contribution < 1.29 is 0 Å². The highest BCUT2D eigenvalue weighted by Crippen LogP contribution is 2.41. The minimum absolute atomic E-state index is 0.606. The molecular formula is C18H31N3. The Morgan fingerprint density at radius 1 is 1.24 bits per heavy atom. The van der Waals surface area contributed by atoms with E-state index >= 15 is 0 Å². The molecule has 3 rings (SSSR count). The summed E-state index contributed by atoms with van der Waals surface area (Å²) < 4.78 is 2.60. The molecule has 3 heteroatoms. The van der Waals surface area contributed by atoms with Crippen LogP contribution in [-0.2, 0) is 12.8 Å². The maximum atomic E-state index is 6.11. The van der Waals surface area contributed by atoms with Crippen molar-refractivity contribution in [2.24, 2.45) is 17.6 Å². The highest BCUT2D eigenvalue weighted by Gasteiger charge is 2.33. The Kier molecular flexibility index (Phi) is 4.68. The van der Waals surface area contributed by atoms with E-state index in [9.17, 15) is 0 Å². The van der Waals surface area contributed by atoms with Gasteiger partial charge in [-0.3, -0.25) is 0 Å². The molecule has 0 aromatic carbocycles. The van der Waals surface area contributed by atoms with Crippen molar-refractivity contribution in [2.75, 3.05) is 6.54 Å². The quantitative estimate of drug-likeness (QED) is 0.916. The third kappa shape index (κ3) is 2.90. The largest absolute Gasteiger partial charge is 0.330 e. The van der Waals surface area contributed by atoms with Crippen LogP contribution in [0.25, 0.3) is 0 Å². The summed E-state index contributed by atoms with van der Waals surface area (Å²) in [4.78, 5) is 4.89. The number of imidazole rings is 1. The number of nitrogens with two attached hydrogens (primary N) is 1. The van der Waals surface area contributed by atoms with Gasteiger partial charge in [-0.25, -0.2) is 4.98 Å². The number of hydrogen-bond acceptors (Lipinski definition) is 2. The zero-order valence-corrected chi connectivity index (χ0v) is 13.8. The van der Waals surface area contributed by atoms with Crippen LogP contribution in [0.4, 0.5) is 0 Å². The van der Waals surface area contributed by atoms with E-state index in [2.05, 4.69) is 18.4 Å². The normalized spacial score (nSPS) is 29.4. The van der Waals surface area contributed by atoms with Gasteiger partial charge in [0.2, 0.25) is 0 Å². The molecule has 2 aliphatic rings. The first kappa shape index (κ1) is 15.1. The monoisotopic (exact) mass is 289 g/mol. The van der Waals surface area contributed by atoms with Crippen molar-refractivity contribution in [3.05, 3.63) is 17.2 Å². The van der Waals surface area contributed by atoms with Gasteiger partial charge in [-0.1, -0.05) is 19.8 Å². The molecule has 0 aliphatic heterocycles. The fourth-order valence-electron chi connectivity index (χ4n) is 4.69. The topological polar surface area (TPSA) is 43.8 Å². The second-order valence-corrected chi connectivity index (χ2v) is 7.16. The standard InChI is InChI=1S/C18H31N3/c1-3-6-14-9-10-15(12-19)18(11-14)21-13(2)20-16-7-4-5-8-17(16)21/h14-15,18H,3-12,19H2,1-2H3. The van der Waals surface area contributed by atoms with E-state index < -0.39 is 0 Å². The van der Waals surface area contributed by atoms with Gasteiger partial charge in [-0.2, -0.15) is 0 Å². The molecule has 3 atom stereocenters. The van der Waals surface area contributed by atoms with Gasteiger partial charge < -0.3 is 10.3 Å². The predicted octanol–water partition coefficient (Wildman–Crippen LogP) is 3.79. The van der Waals surface area contributed by atoms with Gasteiger partial charge in [0.25, 0.3) is 0 Å². The minimum Gasteiger partial charge on any atom is -0.330 e. The highest BCUT2D eigenvalue weighted by atomic mass is 15.1. The molecule has 1 saturated carbocycles. The summed E-state index contributed by atoms with van der Waals surface area (Å²) in [6.45, 7) is 5.35. The lowest BCUT2D eigenvalue weighted by atomic mass is 9.76. The van der Waals surface area contributed by atoms with E-state index in [1.165, 1.54) is 69.3 Å². The molecule has 1 aromatic rings. The molecule has 118 valence electrons. The van der Waals surface area contributed by atoms with Gasteiger partial charge in [0.05, 0.1) is 5.69 Å². The molecule has 1 aromatic heterocycles. The van der Waals surface area contributed by atoms with Crippen molar-refractivity contribution in [1.29, 1.82) is 0 Å². The van der Waals surface area contributed by atoms with Crippen molar-refractivity contribution in [3.8, 4) is 0 Å². The lowest BCUT2D eigenvalue weighted by molar-refractivity contribution is 0.175. The number of nitrogens with zero attached hydrogens (tertiary/aromatic N) is 2. The first-order valence-corrected chi connectivity index (χ1v) is 9.01. The number of aromatic nitrogens is 2. The lowest BCUT2D eigenvalue weighted by Gasteiger charge is -2.38. The first-order valence-electron chi connectivity index (χ1n) is 9.01. The summed E-state index contributed by atoms with van der Waals surface area (Å²) in [5.41, 5.74) is 9.03. The Morgan fingerprint density at radius 3 is 2.81 bits per heavy atom. The minimum atomic E-state index is 0.606. The molecule has 0 bridgehead atoms. The molecule has 2 aliphatic carbocycles. The second-order valence-electron chi connectivity index (χ2n) is 7.16. The third-order valence-corrected chi connectivity index (χ3v) is 5.74. The molecule has 3 unspecified atom stereocenters. The maximum absolute atomic E-state index is 6.11. The van der Waals surface area contributed by atoms with E-state index in [1.807, 2.05) is 0 Å². The van der Waals surface area contributed by atoms with Crippen LogP contribution in [0.5, 0.6) is 0 Å². The van der Waals surface area contributed by atoms with E-state index in [4.69, 9.17) is 10.7 Å². The van der Waals surface area contributed by atoms with E-state index in [0.717, 1.165) is 12.5 Å². The molecule has 3 nitrogen and oxygen atoms in total. The second kappa shape index (κ2) is 6.51. The fourth-order valence-corrected chi connectivity index (χ4v) is 4.69. The van der Waals surface area contributed by atoms with Crippen molar-refractivity contribution >= 4 is 0 Å². The summed E-state index contributed by atoms with van der Waals surface area (Å²) in [7, 11) is 0. The van der Waals surface area contributed by atoms with E-state index in [1.54, 1.807) is 5.69 Å². The van der Waals surface area contributed by atoms with Crippen LogP contribution in [0.1, 0.15) is 75.1 Å². The molecule has 0 saturated heterocycles. The van der Waals surface area contributed by atoms with Crippen LogP contribution < -0.4 is 5.73 Å². The Bertz CT molecular complexity index is 477. The van der Waals surface area contributed by atoms with Crippen molar-refractivity contribution in [2.45, 2.75) is 77.7 Å². The van der Waals surface area contributed by atoms with Gasteiger partial charge in [-0.05, 0) is 70.3 Å². The summed E-state index contributed by atoms with van der Waals surface area (Å²) in [6, 6.07) is 0.606. The lowest BCUT2D eigenvalue weighted by Crippen LogP contribution is -2.34. The summed E-state index contributed by atoms with van der Waals surface area (Å²) in [6.07, 6.45) is 11.7. The third-order valence-electron chi connectivity index (χ3n) is 5.74. The predicted molar refractivity (Wildman–Crippen MR) is 87.4 cm³/mol. The zero-order valence-electron chi connectivity index (χ0n) is 13.8. The molecule has 0 amide bonds. The average molecular weight is 289 g/mol. The van der Waals surface area contributed by atoms with Gasteiger partial charge in [0.1, 0.15) is 5.82 Å². The van der Waals surface area contributed by atoms with Crippen molar-refractivity contribution in [1.82, 2.24) is 9.55 Å². The van der Waals surface area contributed by atoms with Gasteiger partial charge in [0, 0.05) is 11.7 Å². The highest BCUT2D eigenvalue weighted by molar-refractivity contribution is 5.21. The molecule has 1 fully saturated rings. The summed E-state index contributed by atoms with van der Waals surface area (Å²) in [5, 5.41) is 0. The first-order chi connectivity index (χ1) is 10.2. The van der Waals surface area contributed by atoms with Crippen LogP contribution in [0.15, 0.2) is 0 Å². The Labute approximate surface area is 129 Å². The van der Waals surface area contributed by atoms with Crippen LogP contribution >= 0.6 is 0 Å². The molecular weight excluding hydrogens is 258 g/mol. The Balaban J connectivity index is 1.90. The van der Waals surface area contributed by atoms with E-state index in [0.29, 0.717) is 12.0 Å². The Hall–Kier alpha value is -0.830. The van der Waals surface area contributed by atoms with E-state index in [-0.39, 0.29) is 0 Å². The Morgan fingerprint density at radius 2 is 2.05 bits per heavy atom. The summed E-state index contributed by atoms with van der Waals surface area (Å²) >= 11 is 0. The maximum Gasteiger partial charge on any atom is 0.106 e. The average Bonchev–Trinajstić information content (AvgIpc) is 2.83. The SMILES string of the molecule is CCCC1CCC(CN)C(n2c(C)nc3c2CCCC3)C1. The fraction of sp³-hybridized carbons (Fsp3) is 0.833. The van der Waals surface area contributed by atoms with Crippen LogP contribution in [0.2, 0.25) is 0 Å². The number of fused-ring (bicyclic) bond motifs is 1. The van der Waals surface area contributed by atoms with Crippen molar-refractivity contribution in [3.63, 3.8) is 0 Å². The number of hydrogen-bond donors (Lipinski definition) is 1. The van der Waals surface area contributed by atoms with Gasteiger partial charge >= 0.3 is 0 Å². The zero-order chi connectivity index (χ0) is 14.8. The van der Waals surface area contributed by atoms with Gasteiger partial charge in [-0.15, -0.1) is 0 Å². The molecule has 1 heterocycles. The number of rotatable bonds is 4. The van der Waals surface area contributed by atoms with Crippen LogP contribution in [-0.4, -0.2) is 16.1 Å². The van der Waals surface area contributed by atoms with Gasteiger partial charge in [0.15, 0.2) is 0 Å².